The molecule has 0 saturated heterocycles. The molecule has 0 saturated carbocycles. The van der Waals surface area contributed by atoms with Crippen molar-refractivity contribution in [3.05, 3.63) is 53.3 Å². The molecule has 0 spiro atoms. The van der Waals surface area contributed by atoms with Gasteiger partial charge in [0.25, 0.3) is 5.91 Å². The highest BCUT2D eigenvalue weighted by atomic mass is 16.2. The van der Waals surface area contributed by atoms with Crippen LogP contribution < -0.4 is 5.73 Å². The maximum Gasteiger partial charge on any atom is 0.272 e. The highest BCUT2D eigenvalue weighted by molar-refractivity contribution is 5.92. The zero-order valence-electron chi connectivity index (χ0n) is 12.2. The second-order valence-electron chi connectivity index (χ2n) is 4.71. The Bertz CT molecular complexity index is 694. The predicted octanol–water partition coefficient (Wildman–Crippen LogP) is 1.00. The molecule has 0 atom stereocenters. The van der Waals surface area contributed by atoms with Gasteiger partial charge in [-0.2, -0.15) is 5.10 Å². The first kappa shape index (κ1) is 14.8. The van der Waals surface area contributed by atoms with Gasteiger partial charge >= 0.3 is 0 Å². The zero-order valence-corrected chi connectivity index (χ0v) is 12.2. The van der Waals surface area contributed by atoms with E-state index < -0.39 is 0 Å². The number of nitrogens with two attached hydrogens (primary N) is 1. The minimum atomic E-state index is -0.0616. The van der Waals surface area contributed by atoms with Crippen LogP contribution in [0.2, 0.25) is 0 Å². The highest BCUT2D eigenvalue weighted by Crippen LogP contribution is 2.09. The summed E-state index contributed by atoms with van der Waals surface area (Å²) in [6.07, 6.45) is 1.62. The third-order valence-electron chi connectivity index (χ3n) is 3.07. The number of carbonyl (C=O) groups excluding carboxylic acids is 1. The van der Waals surface area contributed by atoms with E-state index in [-0.39, 0.29) is 5.91 Å². The molecule has 0 aliphatic heterocycles. The first-order valence-corrected chi connectivity index (χ1v) is 6.63. The van der Waals surface area contributed by atoms with Gasteiger partial charge in [0.1, 0.15) is 5.69 Å². The second-order valence-corrected chi connectivity index (χ2v) is 4.71. The normalized spacial score (nSPS) is 9.86. The summed E-state index contributed by atoms with van der Waals surface area (Å²) >= 11 is 0. The SMILES string of the molecule is CN(Cc1cccc(C#CCN)c1)C(=O)c1ccnn1C. The van der Waals surface area contributed by atoms with Crippen LogP contribution in [0.4, 0.5) is 0 Å². The molecule has 21 heavy (non-hydrogen) atoms. The van der Waals surface area contributed by atoms with Crippen molar-refractivity contribution in [1.29, 1.82) is 0 Å². The van der Waals surface area contributed by atoms with E-state index in [9.17, 15) is 4.79 Å². The summed E-state index contributed by atoms with van der Waals surface area (Å²) in [5.41, 5.74) is 7.86. The number of aryl methyl sites for hydroxylation is 1. The van der Waals surface area contributed by atoms with E-state index in [1.54, 1.807) is 35.9 Å². The minimum absolute atomic E-state index is 0.0616. The molecule has 0 aliphatic rings. The summed E-state index contributed by atoms with van der Waals surface area (Å²) in [5.74, 6) is 5.75. The van der Waals surface area contributed by atoms with Gasteiger partial charge in [-0.25, -0.2) is 0 Å². The molecular formula is C16H18N4O. The van der Waals surface area contributed by atoms with Crippen LogP contribution in [0.3, 0.4) is 0 Å². The third-order valence-corrected chi connectivity index (χ3v) is 3.07. The summed E-state index contributed by atoms with van der Waals surface area (Å²) in [6.45, 7) is 0.852. The fourth-order valence-electron chi connectivity index (χ4n) is 2.03. The van der Waals surface area contributed by atoms with E-state index in [2.05, 4.69) is 16.9 Å². The molecule has 2 rings (SSSR count). The minimum Gasteiger partial charge on any atom is -0.336 e. The Hall–Kier alpha value is -2.58. The Morgan fingerprint density at radius 3 is 2.90 bits per heavy atom. The van der Waals surface area contributed by atoms with Crippen LogP contribution in [0.25, 0.3) is 0 Å². The van der Waals surface area contributed by atoms with Gasteiger partial charge in [-0.1, -0.05) is 24.0 Å². The van der Waals surface area contributed by atoms with Crippen molar-refractivity contribution in [2.75, 3.05) is 13.6 Å². The predicted molar refractivity (Wildman–Crippen MR) is 81.4 cm³/mol. The number of hydrogen-bond acceptors (Lipinski definition) is 3. The summed E-state index contributed by atoms with van der Waals surface area (Å²) in [6, 6.07) is 9.51. The lowest BCUT2D eigenvalue weighted by Crippen LogP contribution is -2.28. The van der Waals surface area contributed by atoms with Gasteiger partial charge in [-0.15, -0.1) is 0 Å². The van der Waals surface area contributed by atoms with Crippen LogP contribution in [-0.4, -0.2) is 34.2 Å². The lowest BCUT2D eigenvalue weighted by Gasteiger charge is -2.17. The van der Waals surface area contributed by atoms with Gasteiger partial charge in [0.15, 0.2) is 0 Å². The molecule has 0 aliphatic carbocycles. The number of hydrogen-bond donors (Lipinski definition) is 1. The van der Waals surface area contributed by atoms with E-state index in [1.807, 2.05) is 24.3 Å². The van der Waals surface area contributed by atoms with Crippen LogP contribution in [0, 0.1) is 11.8 Å². The molecule has 5 heteroatoms. The van der Waals surface area contributed by atoms with E-state index in [1.165, 1.54) is 0 Å². The lowest BCUT2D eigenvalue weighted by atomic mass is 10.1. The van der Waals surface area contributed by atoms with E-state index >= 15 is 0 Å². The maximum atomic E-state index is 12.3. The number of benzene rings is 1. The monoisotopic (exact) mass is 282 g/mol. The van der Waals surface area contributed by atoms with Crippen molar-refractivity contribution in [2.24, 2.45) is 12.8 Å². The molecular weight excluding hydrogens is 264 g/mol. The van der Waals surface area contributed by atoms with Crippen LogP contribution in [0.15, 0.2) is 36.5 Å². The Balaban J connectivity index is 2.11. The largest absolute Gasteiger partial charge is 0.336 e. The molecule has 108 valence electrons. The topological polar surface area (TPSA) is 64.2 Å². The summed E-state index contributed by atoms with van der Waals surface area (Å²) in [5, 5.41) is 4.01. The number of rotatable bonds is 3. The third kappa shape index (κ3) is 3.71. The molecule has 2 N–H and O–H groups in total. The van der Waals surface area contributed by atoms with Crippen molar-refractivity contribution in [2.45, 2.75) is 6.54 Å². The second kappa shape index (κ2) is 6.73. The Morgan fingerprint density at radius 1 is 1.43 bits per heavy atom. The molecule has 0 bridgehead atoms. The highest BCUT2D eigenvalue weighted by Gasteiger charge is 2.15. The zero-order chi connectivity index (χ0) is 15.2. The fraction of sp³-hybridized carbons (Fsp3) is 0.250. The molecule has 0 unspecified atom stereocenters. The molecule has 1 amide bonds. The molecule has 1 aromatic carbocycles. The molecule has 2 aromatic rings. The van der Waals surface area contributed by atoms with Crippen molar-refractivity contribution < 1.29 is 4.79 Å². The molecule has 0 radical (unpaired) electrons. The van der Waals surface area contributed by atoms with Gasteiger partial charge in [-0.3, -0.25) is 9.48 Å². The maximum absolute atomic E-state index is 12.3. The molecule has 0 fully saturated rings. The van der Waals surface area contributed by atoms with Crippen molar-refractivity contribution in [3.8, 4) is 11.8 Å². The number of amides is 1. The first-order valence-electron chi connectivity index (χ1n) is 6.63. The average Bonchev–Trinajstić information content (AvgIpc) is 2.90. The van der Waals surface area contributed by atoms with Gasteiger partial charge in [0, 0.05) is 32.4 Å². The van der Waals surface area contributed by atoms with Crippen molar-refractivity contribution in [3.63, 3.8) is 0 Å². The summed E-state index contributed by atoms with van der Waals surface area (Å²) in [7, 11) is 3.53. The van der Waals surface area contributed by atoms with Crippen LogP contribution in [-0.2, 0) is 13.6 Å². The molecule has 5 nitrogen and oxygen atoms in total. The Labute approximate surface area is 124 Å². The molecule has 1 heterocycles. The van der Waals surface area contributed by atoms with Crippen LogP contribution in [0.5, 0.6) is 0 Å². The number of aromatic nitrogens is 2. The van der Waals surface area contributed by atoms with Crippen molar-refractivity contribution >= 4 is 5.91 Å². The summed E-state index contributed by atoms with van der Waals surface area (Å²) < 4.78 is 1.57. The smallest absolute Gasteiger partial charge is 0.272 e. The van der Waals surface area contributed by atoms with Crippen LogP contribution in [0.1, 0.15) is 21.6 Å². The number of nitrogens with zero attached hydrogens (tertiary/aromatic N) is 3. The van der Waals surface area contributed by atoms with E-state index in [0.29, 0.717) is 18.8 Å². The Kier molecular flexibility index (Phi) is 4.75. The van der Waals surface area contributed by atoms with Crippen LogP contribution >= 0.6 is 0 Å². The average molecular weight is 282 g/mol. The van der Waals surface area contributed by atoms with E-state index in [0.717, 1.165) is 11.1 Å². The standard InChI is InChI=1S/C16H18N4O/c1-19(16(21)15-8-10-18-20(15)2)12-14-6-3-5-13(11-14)7-4-9-17/h3,5-6,8,10-11H,9,12,17H2,1-2H3. The van der Waals surface area contributed by atoms with Gasteiger partial charge < -0.3 is 10.6 Å². The van der Waals surface area contributed by atoms with Gasteiger partial charge in [0.2, 0.25) is 0 Å². The summed E-state index contributed by atoms with van der Waals surface area (Å²) in [4.78, 5) is 14.0. The van der Waals surface area contributed by atoms with E-state index in [4.69, 9.17) is 5.73 Å². The van der Waals surface area contributed by atoms with Crippen molar-refractivity contribution in [1.82, 2.24) is 14.7 Å². The first-order chi connectivity index (χ1) is 10.1. The van der Waals surface area contributed by atoms with Gasteiger partial charge in [0.05, 0.1) is 6.54 Å². The molecule has 1 aromatic heterocycles. The fourth-order valence-corrected chi connectivity index (χ4v) is 2.03. The van der Waals surface area contributed by atoms with Gasteiger partial charge in [-0.05, 0) is 23.8 Å². The lowest BCUT2D eigenvalue weighted by molar-refractivity contribution is 0.0774. The Morgan fingerprint density at radius 2 is 2.24 bits per heavy atom. The quantitative estimate of drug-likeness (QED) is 0.854. The number of carbonyl (C=O) groups is 1.